The Hall–Kier alpha value is -1.58. The highest BCUT2D eigenvalue weighted by atomic mass is 16.6. The number of aliphatic hydroxyl groups is 4. The van der Waals surface area contributed by atoms with Gasteiger partial charge in [0.25, 0.3) is 0 Å². The van der Waals surface area contributed by atoms with E-state index in [9.17, 15) is 0 Å². The zero-order valence-corrected chi connectivity index (χ0v) is 9.92. The lowest BCUT2D eigenvalue weighted by Gasteiger charge is -2.09. The van der Waals surface area contributed by atoms with Crippen molar-refractivity contribution in [1.82, 2.24) is 15.0 Å². The summed E-state index contributed by atoms with van der Waals surface area (Å²) >= 11 is 0. The molecule has 3 heterocycles. The molecule has 8 nitrogen and oxygen atoms in total. The molecule has 0 spiro atoms. The molecule has 8 heteroatoms. The molecular formula is C11H15N3O5. The van der Waals surface area contributed by atoms with Gasteiger partial charge in [-0.2, -0.15) is 0 Å². The third kappa shape index (κ3) is 3.06. The average Bonchev–Trinajstić information content (AvgIpc) is 3.00. The van der Waals surface area contributed by atoms with Crippen molar-refractivity contribution in [2.24, 2.45) is 0 Å². The highest BCUT2D eigenvalue weighted by molar-refractivity contribution is 5.54. The van der Waals surface area contributed by atoms with Gasteiger partial charge in [0.15, 0.2) is 6.29 Å². The van der Waals surface area contributed by atoms with E-state index < -0.39 is 31.2 Å². The summed E-state index contributed by atoms with van der Waals surface area (Å²) in [6.45, 7) is -0.407. The normalized spacial score (nSPS) is 30.1. The van der Waals surface area contributed by atoms with Crippen LogP contribution in [0.15, 0.2) is 24.8 Å². The van der Waals surface area contributed by atoms with Gasteiger partial charge in [-0.05, 0) is 6.07 Å². The average molecular weight is 269 g/mol. The number of aromatic nitrogens is 3. The number of aliphatic hydroxyl groups excluding tert-OH is 4. The molecule has 0 aromatic rings. The minimum Gasteiger partial charge on any atom is -0.394 e. The lowest BCUT2D eigenvalue weighted by molar-refractivity contribution is -0.132. The van der Waals surface area contributed by atoms with Crippen LogP contribution >= 0.6 is 0 Å². The lowest BCUT2D eigenvalue weighted by Crippen LogP contribution is -2.33. The maximum absolute atomic E-state index is 8.93. The van der Waals surface area contributed by atoms with Gasteiger partial charge < -0.3 is 30.1 Å². The van der Waals surface area contributed by atoms with E-state index in [1.807, 2.05) is 6.07 Å². The molecule has 3 aliphatic heterocycles. The van der Waals surface area contributed by atoms with Gasteiger partial charge in [0.05, 0.1) is 12.9 Å². The highest BCUT2D eigenvalue weighted by Gasteiger charge is 2.41. The van der Waals surface area contributed by atoms with Gasteiger partial charge >= 0.3 is 0 Å². The molecule has 4 atom stereocenters. The topological polar surface area (TPSA) is 132 Å². The van der Waals surface area contributed by atoms with Gasteiger partial charge in [0.1, 0.15) is 24.1 Å². The standard InChI is InChI=1S/C6H5N3.C5H10O5/c1-2-8-6-5(1)3-7-4-9-6;6-1-2-3(7)4(8)5(9)10-2/h1-4H,(H,7,8,9);2-9H,1H2/t;2-,3-,4-,5?/m.1/s1. The van der Waals surface area contributed by atoms with E-state index >= 15 is 0 Å². The van der Waals surface area contributed by atoms with Crippen molar-refractivity contribution in [3.63, 3.8) is 0 Å². The van der Waals surface area contributed by atoms with E-state index in [1.54, 1.807) is 18.7 Å². The minimum absolute atomic E-state index is 0.407. The molecular weight excluding hydrogens is 254 g/mol. The molecule has 5 N–H and O–H groups in total. The molecule has 0 aliphatic carbocycles. The summed E-state index contributed by atoms with van der Waals surface area (Å²) < 4.78 is 4.54. The number of rotatable bonds is 1. The quantitative estimate of drug-likeness (QED) is 0.418. The Morgan fingerprint density at radius 1 is 1.26 bits per heavy atom. The number of hydrogen-bond acceptors (Lipinski definition) is 7. The molecule has 104 valence electrons. The second-order valence-electron chi connectivity index (χ2n) is 4.03. The predicted octanol–water partition coefficient (Wildman–Crippen LogP) is -1.67. The van der Waals surface area contributed by atoms with Crippen LogP contribution in [-0.4, -0.2) is 66.6 Å². The van der Waals surface area contributed by atoms with Crippen LogP contribution in [-0.2, 0) is 4.74 Å². The molecule has 0 bridgehead atoms. The number of fused-ring (bicyclic) bond motifs is 1. The zero-order valence-electron chi connectivity index (χ0n) is 9.92. The third-order valence-corrected chi connectivity index (χ3v) is 2.74. The van der Waals surface area contributed by atoms with Gasteiger partial charge in [-0.25, -0.2) is 9.97 Å². The molecule has 19 heavy (non-hydrogen) atoms. The van der Waals surface area contributed by atoms with Crippen LogP contribution in [0.1, 0.15) is 0 Å². The van der Waals surface area contributed by atoms with Crippen LogP contribution < -0.4 is 0 Å². The third-order valence-electron chi connectivity index (χ3n) is 2.74. The van der Waals surface area contributed by atoms with E-state index in [1.165, 1.54) is 0 Å². The molecule has 0 amide bonds. The fourth-order valence-corrected chi connectivity index (χ4v) is 1.67. The molecule has 1 saturated heterocycles. The van der Waals surface area contributed by atoms with Crippen LogP contribution in [0.4, 0.5) is 0 Å². The Kier molecular flexibility index (Phi) is 4.40. The molecule has 3 aliphatic rings. The minimum atomic E-state index is -1.38. The first-order valence-corrected chi connectivity index (χ1v) is 5.67. The van der Waals surface area contributed by atoms with Crippen molar-refractivity contribution < 1.29 is 25.2 Å². The van der Waals surface area contributed by atoms with E-state index in [4.69, 9.17) is 20.4 Å². The Morgan fingerprint density at radius 3 is 2.58 bits per heavy atom. The van der Waals surface area contributed by atoms with Gasteiger partial charge in [-0.15, -0.1) is 0 Å². The molecule has 0 radical (unpaired) electrons. The first-order valence-electron chi connectivity index (χ1n) is 5.67. The predicted molar refractivity (Wildman–Crippen MR) is 63.0 cm³/mol. The van der Waals surface area contributed by atoms with Crippen molar-refractivity contribution in [2.45, 2.75) is 24.6 Å². The van der Waals surface area contributed by atoms with Crippen LogP contribution in [0.3, 0.4) is 0 Å². The first kappa shape index (κ1) is 13.8. The highest BCUT2D eigenvalue weighted by Crippen LogP contribution is 2.18. The van der Waals surface area contributed by atoms with Crippen molar-refractivity contribution in [1.29, 1.82) is 0 Å². The first-order chi connectivity index (χ1) is 9.13. The van der Waals surface area contributed by atoms with E-state index in [0.717, 1.165) is 11.4 Å². The Labute approximate surface area is 108 Å². The molecule has 0 aromatic heterocycles. The number of hydrogen-bond donors (Lipinski definition) is 5. The van der Waals surface area contributed by atoms with E-state index in [2.05, 4.69) is 19.7 Å². The smallest absolute Gasteiger partial charge is 0.184 e. The summed E-state index contributed by atoms with van der Waals surface area (Å²) in [7, 11) is 0. The maximum atomic E-state index is 8.93. The molecule has 1 fully saturated rings. The van der Waals surface area contributed by atoms with E-state index in [-0.39, 0.29) is 0 Å². The summed E-state index contributed by atoms with van der Waals surface area (Å²) in [5, 5.41) is 35.0. The maximum Gasteiger partial charge on any atom is 0.184 e. The fourth-order valence-electron chi connectivity index (χ4n) is 1.67. The van der Waals surface area contributed by atoms with Gasteiger partial charge in [0.2, 0.25) is 0 Å². The van der Waals surface area contributed by atoms with Crippen LogP contribution in [0, 0.1) is 0 Å². The van der Waals surface area contributed by atoms with Crippen LogP contribution in [0.2, 0.25) is 0 Å². The SMILES string of the molecule is OC[C@H]1OC(O)[C@H](O)[C@@H]1O.c1cc2cnc[nH]c-2n1. The Morgan fingerprint density at radius 2 is 2.05 bits per heavy atom. The summed E-state index contributed by atoms with van der Waals surface area (Å²) in [4.78, 5) is 10.8. The van der Waals surface area contributed by atoms with Gasteiger partial charge in [0, 0.05) is 18.0 Å². The van der Waals surface area contributed by atoms with Crippen molar-refractivity contribution >= 4 is 0 Å². The van der Waals surface area contributed by atoms with Crippen molar-refractivity contribution in [3.8, 4) is 11.4 Å². The molecule has 1 unspecified atom stereocenters. The summed E-state index contributed by atoms with van der Waals surface area (Å²) in [6.07, 6.45) is 0.395. The number of nitrogens with zero attached hydrogens (tertiary/aromatic N) is 2. The summed E-state index contributed by atoms with van der Waals surface area (Å²) in [6, 6.07) is 1.92. The van der Waals surface area contributed by atoms with Gasteiger partial charge in [-0.3, -0.25) is 0 Å². The van der Waals surface area contributed by atoms with Crippen molar-refractivity contribution in [2.75, 3.05) is 6.61 Å². The van der Waals surface area contributed by atoms with Crippen LogP contribution in [0.5, 0.6) is 0 Å². The van der Waals surface area contributed by atoms with E-state index in [0.29, 0.717) is 0 Å². The summed E-state index contributed by atoms with van der Waals surface area (Å²) in [5.41, 5.74) is 1.05. The zero-order chi connectivity index (χ0) is 13.8. The molecule has 0 saturated carbocycles. The molecule has 3 rings (SSSR count). The monoisotopic (exact) mass is 269 g/mol. The fraction of sp³-hybridized carbons (Fsp3) is 0.455. The number of aromatic amines is 1. The number of H-pyrrole nitrogens is 1. The summed E-state index contributed by atoms with van der Waals surface area (Å²) in [5.74, 6) is 0.894. The number of nitrogens with one attached hydrogen (secondary N) is 1. The Balaban J connectivity index is 0.000000141. The van der Waals surface area contributed by atoms with Crippen LogP contribution in [0.25, 0.3) is 11.4 Å². The van der Waals surface area contributed by atoms with Crippen molar-refractivity contribution in [3.05, 3.63) is 24.8 Å². The second-order valence-corrected chi connectivity index (χ2v) is 4.03. The lowest BCUT2D eigenvalue weighted by atomic mass is 10.1. The Bertz CT molecular complexity index is 452. The van der Waals surface area contributed by atoms with Gasteiger partial charge in [-0.1, -0.05) is 0 Å². The number of ether oxygens (including phenoxy) is 1. The molecule has 0 aromatic carbocycles. The largest absolute Gasteiger partial charge is 0.394 e. The second kappa shape index (κ2) is 6.04.